The van der Waals surface area contributed by atoms with Crippen LogP contribution in [0.1, 0.15) is 16.3 Å². The number of ether oxygens (including phenoxy) is 2. The predicted octanol–water partition coefficient (Wildman–Crippen LogP) is 2.48. The molecule has 0 unspecified atom stereocenters. The fourth-order valence-electron chi connectivity index (χ4n) is 3.92. The normalized spacial score (nSPS) is 13.3. The SMILES string of the molecule is Cn1c2nc(Cc3cc[nH]n3)sc2c2cnn(Cc3ccc4c(c3)OCCO4)c(=O)c21. The molecule has 5 aromatic rings. The van der Waals surface area contributed by atoms with Crippen LogP contribution in [0, 0.1) is 0 Å². The Morgan fingerprint density at radius 1 is 1.19 bits per heavy atom. The number of aromatic nitrogens is 6. The van der Waals surface area contributed by atoms with Gasteiger partial charge in [0.15, 0.2) is 17.1 Å². The first-order valence-electron chi connectivity index (χ1n) is 9.88. The van der Waals surface area contributed by atoms with Crippen LogP contribution in [0.5, 0.6) is 11.5 Å². The van der Waals surface area contributed by atoms with Crippen molar-refractivity contribution in [2.45, 2.75) is 13.0 Å². The number of nitrogens with one attached hydrogen (secondary N) is 1. The molecule has 5 heterocycles. The van der Waals surface area contributed by atoms with Gasteiger partial charge < -0.3 is 14.0 Å². The summed E-state index contributed by atoms with van der Waals surface area (Å²) in [5, 5.41) is 13.2. The highest BCUT2D eigenvalue weighted by Crippen LogP contribution is 2.32. The van der Waals surface area contributed by atoms with Gasteiger partial charge in [0.2, 0.25) is 0 Å². The van der Waals surface area contributed by atoms with E-state index in [0.717, 1.165) is 37.7 Å². The number of aromatic amines is 1. The second-order valence-corrected chi connectivity index (χ2v) is 8.49. The molecule has 0 fully saturated rings. The highest BCUT2D eigenvalue weighted by atomic mass is 32.1. The molecule has 1 aliphatic heterocycles. The molecule has 0 atom stereocenters. The maximum atomic E-state index is 13.2. The minimum atomic E-state index is -0.144. The maximum Gasteiger partial charge on any atom is 0.291 e. The maximum absolute atomic E-state index is 13.2. The number of rotatable bonds is 4. The molecule has 6 rings (SSSR count). The van der Waals surface area contributed by atoms with Gasteiger partial charge in [-0.2, -0.15) is 10.2 Å². The van der Waals surface area contributed by atoms with Crippen LogP contribution in [0.15, 0.2) is 41.5 Å². The van der Waals surface area contributed by atoms with Gasteiger partial charge in [-0.3, -0.25) is 9.89 Å². The summed E-state index contributed by atoms with van der Waals surface area (Å²) < 4.78 is 15.5. The largest absolute Gasteiger partial charge is 0.486 e. The molecule has 0 saturated heterocycles. The molecule has 1 N–H and O–H groups in total. The summed E-state index contributed by atoms with van der Waals surface area (Å²) in [5.41, 5.74) is 3.11. The molecule has 4 aromatic heterocycles. The Morgan fingerprint density at radius 3 is 2.90 bits per heavy atom. The lowest BCUT2D eigenvalue weighted by Gasteiger charge is -2.18. The van der Waals surface area contributed by atoms with E-state index < -0.39 is 0 Å². The fraction of sp³-hybridized carbons (Fsp3) is 0.238. The Kier molecular flexibility index (Phi) is 4.06. The summed E-state index contributed by atoms with van der Waals surface area (Å²) in [4.78, 5) is 18.0. The van der Waals surface area contributed by atoms with Crippen LogP contribution >= 0.6 is 11.3 Å². The predicted molar refractivity (Wildman–Crippen MR) is 116 cm³/mol. The summed E-state index contributed by atoms with van der Waals surface area (Å²) >= 11 is 1.58. The van der Waals surface area contributed by atoms with Gasteiger partial charge in [-0.15, -0.1) is 11.3 Å². The molecule has 156 valence electrons. The van der Waals surface area contributed by atoms with Gasteiger partial charge in [0.25, 0.3) is 5.56 Å². The van der Waals surface area contributed by atoms with E-state index in [0.29, 0.717) is 37.4 Å². The van der Waals surface area contributed by atoms with Crippen molar-refractivity contribution < 1.29 is 9.47 Å². The molecule has 0 spiro atoms. The van der Waals surface area contributed by atoms with Crippen molar-refractivity contribution in [1.29, 1.82) is 0 Å². The third-order valence-corrected chi connectivity index (χ3v) is 6.48. The number of hydrogen-bond acceptors (Lipinski definition) is 7. The van der Waals surface area contributed by atoms with Crippen molar-refractivity contribution in [2.75, 3.05) is 13.2 Å². The average Bonchev–Trinajstić information content (AvgIpc) is 3.49. The van der Waals surface area contributed by atoms with Crippen LogP contribution in [-0.4, -0.2) is 42.7 Å². The first-order valence-corrected chi connectivity index (χ1v) is 10.7. The smallest absolute Gasteiger partial charge is 0.291 e. The highest BCUT2D eigenvalue weighted by molar-refractivity contribution is 7.19. The van der Waals surface area contributed by atoms with Crippen molar-refractivity contribution in [3.8, 4) is 11.5 Å². The van der Waals surface area contributed by atoms with Crippen LogP contribution in [0.2, 0.25) is 0 Å². The molecule has 1 aliphatic rings. The van der Waals surface area contributed by atoms with Crippen molar-refractivity contribution in [1.82, 2.24) is 29.5 Å². The molecule has 0 saturated carbocycles. The molecular weight excluding hydrogens is 416 g/mol. The van der Waals surface area contributed by atoms with E-state index in [1.54, 1.807) is 23.7 Å². The number of benzene rings is 1. The van der Waals surface area contributed by atoms with Crippen LogP contribution < -0.4 is 15.0 Å². The molecule has 1 aromatic carbocycles. The number of H-pyrrole nitrogens is 1. The lowest BCUT2D eigenvalue weighted by molar-refractivity contribution is 0.171. The first kappa shape index (κ1) is 18.1. The van der Waals surface area contributed by atoms with Gasteiger partial charge in [0.05, 0.1) is 23.1 Å². The van der Waals surface area contributed by atoms with Gasteiger partial charge in [-0.1, -0.05) is 6.07 Å². The number of thiazole rings is 1. The van der Waals surface area contributed by atoms with E-state index in [4.69, 9.17) is 14.5 Å². The number of fused-ring (bicyclic) bond motifs is 4. The van der Waals surface area contributed by atoms with Crippen LogP contribution in [-0.2, 0) is 20.0 Å². The molecule has 0 radical (unpaired) electrons. The zero-order valence-electron chi connectivity index (χ0n) is 16.7. The number of aryl methyl sites for hydroxylation is 1. The van der Waals surface area contributed by atoms with Crippen molar-refractivity contribution in [2.24, 2.45) is 7.05 Å². The van der Waals surface area contributed by atoms with Crippen molar-refractivity contribution in [3.63, 3.8) is 0 Å². The standard InChI is InChI=1S/C21H18N6O3S/c1-26-18-14(19-20(26)24-17(31-19)9-13-4-5-22-25-13)10-23-27(21(18)28)11-12-2-3-15-16(8-12)30-7-6-29-15/h2-5,8,10H,6-7,9,11H2,1H3,(H,22,25). The Morgan fingerprint density at radius 2 is 2.06 bits per heavy atom. The van der Waals surface area contributed by atoms with Crippen LogP contribution in [0.25, 0.3) is 21.3 Å². The van der Waals surface area contributed by atoms with E-state index in [-0.39, 0.29) is 5.56 Å². The Labute approximate surface area is 179 Å². The monoisotopic (exact) mass is 434 g/mol. The van der Waals surface area contributed by atoms with Crippen molar-refractivity contribution in [3.05, 3.63) is 63.3 Å². The molecule has 10 heteroatoms. The van der Waals surface area contributed by atoms with Gasteiger partial charge in [0, 0.05) is 25.1 Å². The summed E-state index contributed by atoms with van der Waals surface area (Å²) in [6.07, 6.45) is 4.21. The molecular formula is C21H18N6O3S. The third kappa shape index (κ3) is 2.98. The van der Waals surface area contributed by atoms with E-state index in [1.807, 2.05) is 35.9 Å². The van der Waals surface area contributed by atoms with E-state index >= 15 is 0 Å². The lowest BCUT2D eigenvalue weighted by atomic mass is 10.2. The minimum Gasteiger partial charge on any atom is -0.486 e. The molecule has 0 amide bonds. The minimum absolute atomic E-state index is 0.144. The van der Waals surface area contributed by atoms with Gasteiger partial charge >= 0.3 is 0 Å². The number of nitrogens with zero attached hydrogens (tertiary/aromatic N) is 5. The third-order valence-electron chi connectivity index (χ3n) is 5.40. The lowest BCUT2D eigenvalue weighted by Crippen LogP contribution is -2.24. The van der Waals surface area contributed by atoms with E-state index in [2.05, 4.69) is 15.3 Å². The van der Waals surface area contributed by atoms with Crippen LogP contribution in [0.3, 0.4) is 0 Å². The Bertz CT molecular complexity index is 1480. The Hall–Kier alpha value is -3.66. The van der Waals surface area contributed by atoms with E-state index in [1.165, 1.54) is 4.68 Å². The Balaban J connectivity index is 1.38. The average molecular weight is 434 g/mol. The summed E-state index contributed by atoms with van der Waals surface area (Å²) in [5.74, 6) is 1.43. The molecule has 31 heavy (non-hydrogen) atoms. The zero-order valence-corrected chi connectivity index (χ0v) is 17.5. The van der Waals surface area contributed by atoms with Crippen LogP contribution in [0.4, 0.5) is 0 Å². The summed E-state index contributed by atoms with van der Waals surface area (Å²) in [7, 11) is 1.87. The highest BCUT2D eigenvalue weighted by Gasteiger charge is 2.19. The number of hydrogen-bond donors (Lipinski definition) is 1. The topological polar surface area (TPSA) is 99.8 Å². The van der Waals surface area contributed by atoms with Gasteiger partial charge in [-0.25, -0.2) is 9.67 Å². The van der Waals surface area contributed by atoms with Gasteiger partial charge in [-0.05, 0) is 23.8 Å². The molecule has 0 aliphatic carbocycles. The second kappa shape index (κ2) is 6.95. The second-order valence-electron chi connectivity index (χ2n) is 7.41. The summed E-state index contributed by atoms with van der Waals surface area (Å²) in [6.45, 7) is 1.42. The summed E-state index contributed by atoms with van der Waals surface area (Å²) in [6, 6.07) is 7.64. The molecule has 9 nitrogen and oxygen atoms in total. The fourth-order valence-corrected chi connectivity index (χ4v) is 5.05. The molecule has 0 bridgehead atoms. The van der Waals surface area contributed by atoms with E-state index in [9.17, 15) is 4.79 Å². The quantitative estimate of drug-likeness (QED) is 0.467. The van der Waals surface area contributed by atoms with Crippen molar-refractivity contribution >= 4 is 32.6 Å². The van der Waals surface area contributed by atoms with Gasteiger partial charge in [0.1, 0.15) is 23.7 Å². The first-order chi connectivity index (χ1) is 15.2. The zero-order chi connectivity index (χ0) is 20.9.